The van der Waals surface area contributed by atoms with Crippen molar-refractivity contribution in [3.63, 3.8) is 0 Å². The van der Waals surface area contributed by atoms with Gasteiger partial charge in [0.25, 0.3) is 0 Å². The van der Waals surface area contributed by atoms with Crippen LogP contribution in [0, 0.1) is 0 Å². The normalized spacial score (nSPS) is 16.7. The third-order valence-electron chi connectivity index (χ3n) is 3.27. The predicted molar refractivity (Wildman–Crippen MR) is 62.6 cm³/mol. The van der Waals surface area contributed by atoms with Crippen molar-refractivity contribution < 1.29 is 9.90 Å². The summed E-state index contributed by atoms with van der Waals surface area (Å²) < 4.78 is 0. The molecule has 1 saturated carbocycles. The maximum absolute atomic E-state index is 11.2. The van der Waals surface area contributed by atoms with Gasteiger partial charge in [-0.15, -0.1) is 0 Å². The monoisotopic (exact) mass is 228 g/mol. The van der Waals surface area contributed by atoms with Gasteiger partial charge in [-0.1, -0.05) is 30.3 Å². The van der Waals surface area contributed by atoms with E-state index in [1.807, 2.05) is 30.3 Å². The summed E-state index contributed by atoms with van der Waals surface area (Å²) in [5, 5.41) is 9.18. The topological polar surface area (TPSA) is 66.0 Å². The van der Waals surface area contributed by atoms with E-state index in [9.17, 15) is 9.90 Å². The third kappa shape index (κ3) is 1.53. The van der Waals surface area contributed by atoms with Crippen molar-refractivity contribution in [2.45, 2.75) is 18.3 Å². The number of aliphatic carboxylic acids is 1. The fourth-order valence-electron chi connectivity index (χ4n) is 2.01. The first-order valence-corrected chi connectivity index (χ1v) is 5.57. The molecule has 1 aromatic carbocycles. The summed E-state index contributed by atoms with van der Waals surface area (Å²) >= 11 is 0. The molecule has 2 aromatic rings. The van der Waals surface area contributed by atoms with E-state index in [-0.39, 0.29) is 0 Å². The largest absolute Gasteiger partial charge is 0.480 e. The lowest BCUT2D eigenvalue weighted by Crippen LogP contribution is -2.20. The minimum atomic E-state index is -0.786. The van der Waals surface area contributed by atoms with E-state index >= 15 is 0 Å². The summed E-state index contributed by atoms with van der Waals surface area (Å²) in [7, 11) is 0. The molecule has 0 amide bonds. The van der Waals surface area contributed by atoms with Gasteiger partial charge in [0, 0.05) is 0 Å². The molecule has 0 atom stereocenters. The molecule has 17 heavy (non-hydrogen) atoms. The van der Waals surface area contributed by atoms with Crippen LogP contribution < -0.4 is 0 Å². The number of carboxylic acid groups (broad SMARTS) is 1. The lowest BCUT2D eigenvalue weighted by molar-refractivity contribution is -0.140. The molecule has 86 valence electrons. The Morgan fingerprint density at radius 1 is 1.29 bits per heavy atom. The highest BCUT2D eigenvalue weighted by molar-refractivity contribution is 5.83. The fraction of sp³-hybridized carbons (Fsp3) is 0.231. The summed E-state index contributed by atoms with van der Waals surface area (Å²) in [4.78, 5) is 18.5. The number of hydrogen-bond donors (Lipinski definition) is 2. The highest BCUT2D eigenvalue weighted by Gasteiger charge is 2.54. The fourth-order valence-corrected chi connectivity index (χ4v) is 2.01. The second kappa shape index (κ2) is 3.45. The van der Waals surface area contributed by atoms with Crippen LogP contribution in [-0.2, 0) is 10.2 Å². The van der Waals surface area contributed by atoms with Crippen molar-refractivity contribution in [1.82, 2.24) is 9.97 Å². The molecule has 1 aromatic heterocycles. The van der Waals surface area contributed by atoms with E-state index in [0.29, 0.717) is 18.7 Å². The zero-order valence-electron chi connectivity index (χ0n) is 9.18. The number of nitrogens with zero attached hydrogens (tertiary/aromatic N) is 1. The van der Waals surface area contributed by atoms with Gasteiger partial charge in [0.15, 0.2) is 0 Å². The number of hydrogen-bond acceptors (Lipinski definition) is 2. The average Bonchev–Trinajstić information content (AvgIpc) is 3.02. The van der Waals surface area contributed by atoms with Crippen LogP contribution in [0.25, 0.3) is 11.3 Å². The lowest BCUT2D eigenvalue weighted by atomic mass is 10.1. The van der Waals surface area contributed by atoms with Crippen molar-refractivity contribution in [3.05, 3.63) is 42.4 Å². The first-order valence-electron chi connectivity index (χ1n) is 5.57. The molecule has 1 aliphatic rings. The van der Waals surface area contributed by atoms with Crippen molar-refractivity contribution >= 4 is 5.97 Å². The third-order valence-corrected chi connectivity index (χ3v) is 3.27. The van der Waals surface area contributed by atoms with Gasteiger partial charge in [-0.2, -0.15) is 0 Å². The maximum Gasteiger partial charge on any atom is 0.317 e. The van der Waals surface area contributed by atoms with E-state index in [1.165, 1.54) is 0 Å². The van der Waals surface area contributed by atoms with Crippen LogP contribution in [0.15, 0.2) is 36.5 Å². The second-order valence-electron chi connectivity index (χ2n) is 4.40. The number of benzene rings is 1. The Morgan fingerprint density at radius 2 is 2.00 bits per heavy atom. The number of aromatic amines is 1. The molecule has 0 radical (unpaired) electrons. The van der Waals surface area contributed by atoms with Crippen LogP contribution in [0.4, 0.5) is 0 Å². The lowest BCUT2D eigenvalue weighted by Gasteiger charge is -2.04. The van der Waals surface area contributed by atoms with Crippen molar-refractivity contribution in [2.24, 2.45) is 0 Å². The number of carbonyl (C=O) groups is 1. The molecule has 0 unspecified atom stereocenters. The number of imidazole rings is 1. The smallest absolute Gasteiger partial charge is 0.317 e. The van der Waals surface area contributed by atoms with E-state index in [4.69, 9.17) is 0 Å². The first kappa shape index (κ1) is 10.1. The molecule has 4 nitrogen and oxygen atoms in total. The first-order chi connectivity index (χ1) is 8.22. The molecular weight excluding hydrogens is 216 g/mol. The SMILES string of the molecule is O=C(O)C1(c2ncc(-c3ccccc3)[nH]2)CC1. The van der Waals surface area contributed by atoms with Crippen LogP contribution in [0.3, 0.4) is 0 Å². The van der Waals surface area contributed by atoms with Gasteiger partial charge in [-0.05, 0) is 18.4 Å². The highest BCUT2D eigenvalue weighted by atomic mass is 16.4. The molecule has 1 heterocycles. The zero-order valence-corrected chi connectivity index (χ0v) is 9.18. The predicted octanol–water partition coefficient (Wildman–Crippen LogP) is 2.19. The van der Waals surface area contributed by atoms with Gasteiger partial charge in [-0.25, -0.2) is 4.98 Å². The number of aromatic nitrogens is 2. The summed E-state index contributed by atoms with van der Waals surface area (Å²) in [6.45, 7) is 0. The Labute approximate surface area is 98.3 Å². The van der Waals surface area contributed by atoms with Crippen LogP contribution in [0.1, 0.15) is 18.7 Å². The molecule has 0 spiro atoms. The van der Waals surface area contributed by atoms with Gasteiger partial charge in [-0.3, -0.25) is 4.79 Å². The molecule has 3 rings (SSSR count). The standard InChI is InChI=1S/C13H12N2O2/c16-12(17)13(6-7-13)11-14-8-10(15-11)9-4-2-1-3-5-9/h1-5,8H,6-7H2,(H,14,15)(H,16,17). The minimum absolute atomic E-state index is 0.573. The van der Waals surface area contributed by atoms with Gasteiger partial charge >= 0.3 is 5.97 Å². The number of rotatable bonds is 3. The molecule has 1 fully saturated rings. The molecule has 2 N–H and O–H groups in total. The minimum Gasteiger partial charge on any atom is -0.480 e. The Kier molecular flexibility index (Phi) is 2.04. The summed E-state index contributed by atoms with van der Waals surface area (Å²) in [5.41, 5.74) is 1.13. The van der Waals surface area contributed by atoms with Crippen molar-refractivity contribution in [1.29, 1.82) is 0 Å². The van der Waals surface area contributed by atoms with Gasteiger partial charge in [0.1, 0.15) is 11.2 Å². The van der Waals surface area contributed by atoms with Crippen molar-refractivity contribution in [3.8, 4) is 11.3 Å². The van der Waals surface area contributed by atoms with Crippen LogP contribution in [0.5, 0.6) is 0 Å². The summed E-state index contributed by atoms with van der Waals surface area (Å²) in [6, 6.07) is 9.77. The molecule has 0 bridgehead atoms. The Hall–Kier alpha value is -2.10. The van der Waals surface area contributed by atoms with Gasteiger partial charge < -0.3 is 10.1 Å². The number of nitrogens with one attached hydrogen (secondary N) is 1. The Balaban J connectivity index is 1.97. The highest BCUT2D eigenvalue weighted by Crippen LogP contribution is 2.47. The molecule has 0 aliphatic heterocycles. The maximum atomic E-state index is 11.2. The molecule has 4 heteroatoms. The Morgan fingerprint density at radius 3 is 2.59 bits per heavy atom. The number of H-pyrrole nitrogens is 1. The summed E-state index contributed by atoms with van der Waals surface area (Å²) in [6.07, 6.45) is 3.04. The van der Waals surface area contributed by atoms with Crippen LogP contribution in [-0.4, -0.2) is 21.0 Å². The summed E-state index contributed by atoms with van der Waals surface area (Å²) in [5.74, 6) is -0.213. The Bertz CT molecular complexity index is 556. The van der Waals surface area contributed by atoms with E-state index in [2.05, 4.69) is 9.97 Å². The van der Waals surface area contributed by atoms with Gasteiger partial charge in [0.05, 0.1) is 11.9 Å². The molecule has 1 aliphatic carbocycles. The molecule has 0 saturated heterocycles. The van der Waals surface area contributed by atoms with Crippen LogP contribution in [0.2, 0.25) is 0 Å². The van der Waals surface area contributed by atoms with E-state index in [1.54, 1.807) is 6.20 Å². The van der Waals surface area contributed by atoms with E-state index in [0.717, 1.165) is 11.3 Å². The van der Waals surface area contributed by atoms with E-state index < -0.39 is 11.4 Å². The van der Waals surface area contributed by atoms with Gasteiger partial charge in [0.2, 0.25) is 0 Å². The number of carboxylic acids is 1. The van der Waals surface area contributed by atoms with Crippen molar-refractivity contribution in [2.75, 3.05) is 0 Å². The zero-order chi connectivity index (χ0) is 11.9. The average molecular weight is 228 g/mol. The quantitative estimate of drug-likeness (QED) is 0.846. The molecular formula is C13H12N2O2. The second-order valence-corrected chi connectivity index (χ2v) is 4.40. The van der Waals surface area contributed by atoms with Crippen LogP contribution >= 0.6 is 0 Å².